The quantitative estimate of drug-likeness (QED) is 0.390. The predicted octanol–water partition coefficient (Wildman–Crippen LogP) is 8.95. The van der Waals surface area contributed by atoms with E-state index in [9.17, 15) is 5.11 Å². The van der Waals surface area contributed by atoms with Gasteiger partial charge in [-0.2, -0.15) is 0 Å². The first-order chi connectivity index (χ1) is 15.1. The Kier molecular flexibility index (Phi) is 7.02. The molecule has 1 N–H and O–H groups in total. The lowest BCUT2D eigenvalue weighted by molar-refractivity contribution is -0.118. The van der Waals surface area contributed by atoms with Crippen LogP contribution in [0.1, 0.15) is 132 Å². The summed E-state index contributed by atoms with van der Waals surface area (Å²) in [4.78, 5) is 0. The van der Waals surface area contributed by atoms with Gasteiger partial charge in [0.1, 0.15) is 0 Å². The van der Waals surface area contributed by atoms with E-state index in [-0.39, 0.29) is 11.5 Å². The van der Waals surface area contributed by atoms with Crippen LogP contribution in [0.2, 0.25) is 0 Å². The highest BCUT2D eigenvalue weighted by atomic mass is 16.3. The molecule has 0 saturated heterocycles. The minimum absolute atomic E-state index is 0.0888. The van der Waals surface area contributed by atoms with E-state index in [0.29, 0.717) is 16.7 Å². The van der Waals surface area contributed by atoms with Crippen molar-refractivity contribution >= 4 is 0 Å². The predicted molar refractivity (Wildman–Crippen MR) is 138 cm³/mol. The van der Waals surface area contributed by atoms with Gasteiger partial charge in [-0.3, -0.25) is 0 Å². The summed E-state index contributed by atoms with van der Waals surface area (Å²) in [7, 11) is 0. The van der Waals surface area contributed by atoms with E-state index >= 15 is 0 Å². The van der Waals surface area contributed by atoms with Crippen molar-refractivity contribution in [2.75, 3.05) is 0 Å². The molecule has 4 rings (SSSR count). The fourth-order valence-electron chi connectivity index (χ4n) is 10.2. The van der Waals surface area contributed by atoms with Gasteiger partial charge in [-0.25, -0.2) is 0 Å². The number of allylic oxidation sites excluding steroid dienone is 2. The van der Waals surface area contributed by atoms with Gasteiger partial charge >= 0.3 is 0 Å². The van der Waals surface area contributed by atoms with Crippen molar-refractivity contribution in [1.82, 2.24) is 0 Å². The molecular weight excluding hydrogens is 388 g/mol. The largest absolute Gasteiger partial charge is 0.393 e. The molecule has 0 aromatic heterocycles. The van der Waals surface area contributed by atoms with Crippen molar-refractivity contribution in [1.29, 1.82) is 0 Å². The molecule has 1 nitrogen and oxygen atoms in total. The first-order valence-electron chi connectivity index (χ1n) is 14.5. The van der Waals surface area contributed by atoms with Gasteiger partial charge in [0.15, 0.2) is 0 Å². The van der Waals surface area contributed by atoms with Crippen LogP contribution in [0.15, 0.2) is 11.1 Å². The highest BCUT2D eigenvalue weighted by Crippen LogP contribution is 2.69. The second-order valence-corrected chi connectivity index (χ2v) is 13.6. The van der Waals surface area contributed by atoms with Crippen LogP contribution < -0.4 is 0 Å². The lowest BCUT2D eigenvalue weighted by atomic mass is 9.44. The average molecular weight is 443 g/mol. The van der Waals surface area contributed by atoms with Crippen LogP contribution in [-0.4, -0.2) is 11.2 Å². The number of hydrogen-bond donors (Lipinski definition) is 1. The molecule has 184 valence electrons. The standard InChI is InChI=1S/C31H54O/c1-8-31(9-2)27-16-13-23-25-15-14-24(22(5)12-10-11-21(3)4)29(25,6)19-17-26(23)30(27,7)20-18-28(31)32/h21-22,24-25,27-28,32H,8-20H2,1-7H3/t22-,24-,25+,27?,28?,29-,30-/m1/s1. The molecule has 0 amide bonds. The number of fused-ring (bicyclic) bond motifs is 4. The Hall–Kier alpha value is -0.300. The summed E-state index contributed by atoms with van der Waals surface area (Å²) in [6, 6.07) is 0. The lowest BCUT2D eigenvalue weighted by Crippen LogP contribution is -2.55. The topological polar surface area (TPSA) is 20.2 Å². The SMILES string of the molecule is CCC1(CC)C(O)CC[C@]2(C)C3=C(CCC12)[C@@H]1CC[C@H]([C@H](C)CCCC(C)C)[C@@]1(C)CC3. The number of aliphatic hydroxyl groups excluding tert-OH is 1. The van der Waals surface area contributed by atoms with Gasteiger partial charge in [-0.05, 0) is 110 Å². The summed E-state index contributed by atoms with van der Waals surface area (Å²) in [6.07, 6.45) is 17.0. The smallest absolute Gasteiger partial charge is 0.0599 e. The second kappa shape index (κ2) is 9.05. The second-order valence-electron chi connectivity index (χ2n) is 13.6. The van der Waals surface area contributed by atoms with E-state index in [0.717, 1.165) is 42.9 Å². The monoisotopic (exact) mass is 442 g/mol. The summed E-state index contributed by atoms with van der Waals surface area (Å²) in [5.74, 6) is 4.20. The van der Waals surface area contributed by atoms with Gasteiger partial charge in [0.25, 0.3) is 0 Å². The van der Waals surface area contributed by atoms with Crippen molar-refractivity contribution in [2.45, 2.75) is 138 Å². The Labute approximate surface area is 200 Å². The third-order valence-electron chi connectivity index (χ3n) is 12.0. The van der Waals surface area contributed by atoms with Crippen molar-refractivity contribution in [3.05, 3.63) is 11.1 Å². The van der Waals surface area contributed by atoms with Crippen molar-refractivity contribution < 1.29 is 5.11 Å². The van der Waals surface area contributed by atoms with Crippen molar-refractivity contribution in [3.8, 4) is 0 Å². The zero-order valence-corrected chi connectivity index (χ0v) is 22.6. The van der Waals surface area contributed by atoms with Crippen LogP contribution in [0.4, 0.5) is 0 Å². The van der Waals surface area contributed by atoms with Gasteiger partial charge < -0.3 is 5.11 Å². The van der Waals surface area contributed by atoms with E-state index in [1.807, 2.05) is 11.1 Å². The normalized spacial score (nSPS) is 41.9. The van der Waals surface area contributed by atoms with E-state index in [2.05, 4.69) is 48.5 Å². The third-order valence-corrected chi connectivity index (χ3v) is 12.0. The van der Waals surface area contributed by atoms with E-state index in [1.165, 1.54) is 64.2 Å². The Balaban J connectivity index is 1.59. The Morgan fingerprint density at radius 3 is 2.28 bits per heavy atom. The van der Waals surface area contributed by atoms with Crippen LogP contribution >= 0.6 is 0 Å². The van der Waals surface area contributed by atoms with E-state index in [4.69, 9.17) is 0 Å². The Bertz CT molecular complexity index is 699. The fraction of sp³-hybridized carbons (Fsp3) is 0.935. The molecule has 7 atom stereocenters. The molecule has 0 spiro atoms. The zero-order chi connectivity index (χ0) is 23.3. The molecular formula is C31H54O. The number of hydrogen-bond acceptors (Lipinski definition) is 1. The number of aliphatic hydroxyl groups is 1. The first kappa shape index (κ1) is 24.8. The molecule has 1 heteroatoms. The van der Waals surface area contributed by atoms with Crippen molar-refractivity contribution in [2.24, 2.45) is 45.8 Å². The minimum atomic E-state index is -0.0888. The molecule has 0 aromatic rings. The van der Waals surface area contributed by atoms with Gasteiger partial charge in [0.2, 0.25) is 0 Å². The first-order valence-corrected chi connectivity index (χ1v) is 14.5. The highest BCUT2D eigenvalue weighted by molar-refractivity contribution is 5.35. The minimum Gasteiger partial charge on any atom is -0.393 e. The van der Waals surface area contributed by atoms with Crippen LogP contribution in [-0.2, 0) is 0 Å². The lowest BCUT2D eigenvalue weighted by Gasteiger charge is -2.61. The number of rotatable bonds is 7. The molecule has 32 heavy (non-hydrogen) atoms. The molecule has 2 unspecified atom stereocenters. The maximum absolute atomic E-state index is 11.1. The summed E-state index contributed by atoms with van der Waals surface area (Å²) < 4.78 is 0. The molecule has 0 aromatic carbocycles. The molecule has 0 heterocycles. The van der Waals surface area contributed by atoms with Crippen LogP contribution in [0.3, 0.4) is 0 Å². The van der Waals surface area contributed by atoms with E-state index in [1.54, 1.807) is 0 Å². The molecule has 2 fully saturated rings. The van der Waals surface area contributed by atoms with Crippen LogP contribution in [0.5, 0.6) is 0 Å². The van der Waals surface area contributed by atoms with E-state index < -0.39 is 0 Å². The van der Waals surface area contributed by atoms with Gasteiger partial charge in [-0.1, -0.05) is 78.9 Å². The maximum Gasteiger partial charge on any atom is 0.0599 e. The average Bonchev–Trinajstić information content (AvgIpc) is 3.11. The van der Waals surface area contributed by atoms with Gasteiger partial charge in [0.05, 0.1) is 6.10 Å². The van der Waals surface area contributed by atoms with Crippen LogP contribution in [0, 0.1) is 45.8 Å². The van der Waals surface area contributed by atoms with Gasteiger partial charge in [-0.15, -0.1) is 0 Å². The third kappa shape index (κ3) is 3.67. The van der Waals surface area contributed by atoms with Crippen LogP contribution in [0.25, 0.3) is 0 Å². The molecule has 0 radical (unpaired) electrons. The summed E-state index contributed by atoms with van der Waals surface area (Å²) in [6.45, 7) is 17.4. The molecule has 2 saturated carbocycles. The summed E-state index contributed by atoms with van der Waals surface area (Å²) in [5.41, 5.74) is 4.85. The molecule has 0 aliphatic heterocycles. The fourth-order valence-corrected chi connectivity index (χ4v) is 10.2. The maximum atomic E-state index is 11.1. The summed E-state index contributed by atoms with van der Waals surface area (Å²) >= 11 is 0. The van der Waals surface area contributed by atoms with Crippen molar-refractivity contribution in [3.63, 3.8) is 0 Å². The molecule has 0 bridgehead atoms. The highest BCUT2D eigenvalue weighted by Gasteiger charge is 2.60. The Morgan fingerprint density at radius 1 is 0.906 bits per heavy atom. The molecule has 4 aliphatic rings. The Morgan fingerprint density at radius 2 is 1.62 bits per heavy atom. The zero-order valence-electron chi connectivity index (χ0n) is 22.6. The van der Waals surface area contributed by atoms with Gasteiger partial charge in [0, 0.05) is 0 Å². The molecule has 4 aliphatic carbocycles. The summed E-state index contributed by atoms with van der Waals surface area (Å²) in [5, 5.41) is 11.1.